The summed E-state index contributed by atoms with van der Waals surface area (Å²) in [5, 5.41) is 0.632. The van der Waals surface area contributed by atoms with Gasteiger partial charge in [-0.15, -0.1) is 0 Å². The summed E-state index contributed by atoms with van der Waals surface area (Å²) in [6, 6.07) is 4.48. The molecule has 0 aliphatic heterocycles. The van der Waals surface area contributed by atoms with E-state index in [1.54, 1.807) is 6.07 Å². The van der Waals surface area contributed by atoms with Crippen LogP contribution in [0.3, 0.4) is 0 Å². The minimum absolute atomic E-state index is 0.234. The molecule has 0 aliphatic rings. The lowest BCUT2D eigenvalue weighted by Gasteiger charge is -2.18. The summed E-state index contributed by atoms with van der Waals surface area (Å²) in [6.07, 6.45) is 0.773. The minimum Gasteiger partial charge on any atom is -0.330 e. The van der Waals surface area contributed by atoms with Crippen LogP contribution in [0.2, 0.25) is 5.02 Å². The molecule has 0 aliphatic carbocycles. The number of nitrogens with two attached hydrogens (primary N) is 1. The second kappa shape index (κ2) is 5.47. The van der Waals surface area contributed by atoms with Gasteiger partial charge in [0.05, 0.1) is 0 Å². The van der Waals surface area contributed by atoms with Gasteiger partial charge >= 0.3 is 0 Å². The largest absolute Gasteiger partial charge is 0.330 e. The van der Waals surface area contributed by atoms with Crippen molar-refractivity contribution in [1.82, 2.24) is 0 Å². The lowest BCUT2D eigenvalue weighted by molar-refractivity contribution is 0.394. The zero-order chi connectivity index (χ0) is 11.4. The molecule has 0 amide bonds. The van der Waals surface area contributed by atoms with Gasteiger partial charge in [-0.1, -0.05) is 25.4 Å². The smallest absolute Gasteiger partial charge is 0.123 e. The maximum Gasteiger partial charge on any atom is 0.123 e. The Bertz CT molecular complexity index is 327. The molecule has 15 heavy (non-hydrogen) atoms. The van der Waals surface area contributed by atoms with Gasteiger partial charge in [0.2, 0.25) is 0 Å². The molecule has 2 atom stereocenters. The van der Waals surface area contributed by atoms with Crippen molar-refractivity contribution >= 4 is 11.6 Å². The van der Waals surface area contributed by atoms with E-state index in [1.807, 2.05) is 0 Å². The average Bonchev–Trinajstić information content (AvgIpc) is 2.22. The lowest BCUT2D eigenvalue weighted by Crippen LogP contribution is -2.20. The normalized spacial score (nSPS) is 15.0. The second-order valence-corrected chi connectivity index (χ2v) is 4.54. The Morgan fingerprint density at radius 2 is 2.00 bits per heavy atom. The quantitative estimate of drug-likeness (QED) is 0.843. The molecular formula is C12H17ClFN. The van der Waals surface area contributed by atoms with Gasteiger partial charge in [-0.05, 0) is 48.6 Å². The summed E-state index contributed by atoms with van der Waals surface area (Å²) in [5.41, 5.74) is 6.45. The highest BCUT2D eigenvalue weighted by atomic mass is 35.5. The van der Waals surface area contributed by atoms with E-state index in [1.165, 1.54) is 12.1 Å². The van der Waals surface area contributed by atoms with E-state index in [0.29, 0.717) is 23.4 Å². The first-order valence-electron chi connectivity index (χ1n) is 5.18. The van der Waals surface area contributed by atoms with Gasteiger partial charge in [0.15, 0.2) is 0 Å². The van der Waals surface area contributed by atoms with Gasteiger partial charge in [0.25, 0.3) is 0 Å². The van der Waals surface area contributed by atoms with Crippen LogP contribution in [0.4, 0.5) is 4.39 Å². The summed E-state index contributed by atoms with van der Waals surface area (Å²) in [6.45, 7) is 4.85. The first-order chi connectivity index (χ1) is 7.04. The molecule has 1 nitrogen and oxygen atoms in total. The van der Waals surface area contributed by atoms with Crippen LogP contribution in [0.25, 0.3) is 0 Å². The molecule has 84 valence electrons. The molecule has 1 aromatic carbocycles. The predicted octanol–water partition coefficient (Wildman–Crippen LogP) is 3.25. The van der Waals surface area contributed by atoms with Gasteiger partial charge in [-0.25, -0.2) is 4.39 Å². The maximum atomic E-state index is 13.0. The third-order valence-electron chi connectivity index (χ3n) is 2.89. The van der Waals surface area contributed by atoms with E-state index in [-0.39, 0.29) is 5.82 Å². The predicted molar refractivity (Wildman–Crippen MR) is 62.5 cm³/mol. The summed E-state index contributed by atoms with van der Waals surface area (Å²) >= 11 is 5.99. The van der Waals surface area contributed by atoms with Crippen LogP contribution in [-0.4, -0.2) is 6.54 Å². The molecule has 0 fully saturated rings. The topological polar surface area (TPSA) is 26.0 Å². The van der Waals surface area contributed by atoms with Crippen LogP contribution >= 0.6 is 11.6 Å². The van der Waals surface area contributed by atoms with Crippen molar-refractivity contribution in [3.05, 3.63) is 34.6 Å². The number of hydrogen-bond acceptors (Lipinski definition) is 1. The van der Waals surface area contributed by atoms with Crippen molar-refractivity contribution in [2.45, 2.75) is 20.3 Å². The Morgan fingerprint density at radius 3 is 2.60 bits per heavy atom. The van der Waals surface area contributed by atoms with Crippen LogP contribution in [-0.2, 0) is 6.42 Å². The van der Waals surface area contributed by atoms with Crippen molar-refractivity contribution in [1.29, 1.82) is 0 Å². The highest BCUT2D eigenvalue weighted by molar-refractivity contribution is 6.31. The van der Waals surface area contributed by atoms with Gasteiger partial charge in [-0.3, -0.25) is 0 Å². The van der Waals surface area contributed by atoms with Crippen LogP contribution in [0.5, 0.6) is 0 Å². The number of rotatable bonds is 4. The van der Waals surface area contributed by atoms with Gasteiger partial charge in [0.1, 0.15) is 5.82 Å². The number of benzene rings is 1. The fourth-order valence-electron chi connectivity index (χ4n) is 1.48. The summed E-state index contributed by atoms with van der Waals surface area (Å²) < 4.78 is 13.0. The van der Waals surface area contributed by atoms with E-state index in [0.717, 1.165) is 12.0 Å². The standard InChI is InChI=1S/C12H17ClFN/c1-8(9(2)7-15)5-10-6-11(14)3-4-12(10)13/h3-4,6,8-9H,5,7,15H2,1-2H3. The van der Waals surface area contributed by atoms with Gasteiger partial charge in [0, 0.05) is 5.02 Å². The molecule has 0 heterocycles. The van der Waals surface area contributed by atoms with Crippen molar-refractivity contribution in [3.8, 4) is 0 Å². The SMILES string of the molecule is CC(CN)C(C)Cc1cc(F)ccc1Cl. The molecule has 0 aromatic heterocycles. The average molecular weight is 230 g/mol. The Labute approximate surface area is 95.4 Å². The number of halogens is 2. The highest BCUT2D eigenvalue weighted by Crippen LogP contribution is 2.23. The third kappa shape index (κ3) is 3.47. The maximum absolute atomic E-state index is 13.0. The summed E-state index contributed by atoms with van der Waals surface area (Å²) in [4.78, 5) is 0. The summed E-state index contributed by atoms with van der Waals surface area (Å²) in [7, 11) is 0. The molecule has 0 saturated carbocycles. The molecule has 1 aromatic rings. The second-order valence-electron chi connectivity index (χ2n) is 4.13. The fraction of sp³-hybridized carbons (Fsp3) is 0.500. The van der Waals surface area contributed by atoms with E-state index >= 15 is 0 Å². The van der Waals surface area contributed by atoms with Crippen LogP contribution in [0.1, 0.15) is 19.4 Å². The molecule has 2 unspecified atom stereocenters. The van der Waals surface area contributed by atoms with Gasteiger partial charge < -0.3 is 5.73 Å². The third-order valence-corrected chi connectivity index (χ3v) is 3.26. The fourth-order valence-corrected chi connectivity index (χ4v) is 1.67. The zero-order valence-electron chi connectivity index (χ0n) is 9.13. The van der Waals surface area contributed by atoms with Crippen molar-refractivity contribution < 1.29 is 4.39 Å². The molecule has 1 rings (SSSR count). The van der Waals surface area contributed by atoms with Crippen molar-refractivity contribution in [2.24, 2.45) is 17.6 Å². The van der Waals surface area contributed by atoms with E-state index in [9.17, 15) is 4.39 Å². The Kier molecular flexibility index (Phi) is 4.55. The lowest BCUT2D eigenvalue weighted by atomic mass is 9.90. The molecule has 0 bridgehead atoms. The minimum atomic E-state index is -0.234. The monoisotopic (exact) mass is 229 g/mol. The van der Waals surface area contributed by atoms with E-state index in [2.05, 4.69) is 13.8 Å². The Morgan fingerprint density at radius 1 is 1.33 bits per heavy atom. The molecular weight excluding hydrogens is 213 g/mol. The molecule has 0 saturated heterocycles. The van der Waals surface area contributed by atoms with Gasteiger partial charge in [-0.2, -0.15) is 0 Å². The van der Waals surface area contributed by atoms with Crippen molar-refractivity contribution in [3.63, 3.8) is 0 Å². The van der Waals surface area contributed by atoms with E-state index < -0.39 is 0 Å². The first kappa shape index (κ1) is 12.5. The molecule has 3 heteroatoms. The van der Waals surface area contributed by atoms with Crippen LogP contribution in [0, 0.1) is 17.7 Å². The first-order valence-corrected chi connectivity index (χ1v) is 5.56. The van der Waals surface area contributed by atoms with E-state index in [4.69, 9.17) is 17.3 Å². The highest BCUT2D eigenvalue weighted by Gasteiger charge is 2.13. The van der Waals surface area contributed by atoms with Crippen molar-refractivity contribution in [2.75, 3.05) is 6.54 Å². The molecule has 2 N–H and O–H groups in total. The van der Waals surface area contributed by atoms with Crippen LogP contribution in [0.15, 0.2) is 18.2 Å². The van der Waals surface area contributed by atoms with Crippen LogP contribution < -0.4 is 5.73 Å². The number of hydrogen-bond donors (Lipinski definition) is 1. The molecule has 0 spiro atoms. The summed E-state index contributed by atoms with van der Waals surface area (Å²) in [5.74, 6) is 0.598. The molecule has 0 radical (unpaired) electrons. The Balaban J connectivity index is 2.75. The zero-order valence-corrected chi connectivity index (χ0v) is 9.89. The Hall–Kier alpha value is -0.600.